The fourth-order valence-electron chi connectivity index (χ4n) is 3.95. The van der Waals surface area contributed by atoms with Crippen LogP contribution in [0.4, 0.5) is 17.1 Å². The van der Waals surface area contributed by atoms with E-state index < -0.39 is 0 Å². The van der Waals surface area contributed by atoms with Crippen molar-refractivity contribution in [1.82, 2.24) is 4.90 Å². The molecule has 4 aromatic rings. The molecule has 41 heavy (non-hydrogen) atoms. The quantitative estimate of drug-likeness (QED) is 0.161. The molecule has 0 heterocycles. The van der Waals surface area contributed by atoms with E-state index in [4.69, 9.17) is 0 Å². The van der Waals surface area contributed by atoms with E-state index >= 15 is 0 Å². The third-order valence-electron chi connectivity index (χ3n) is 6.20. The average Bonchev–Trinajstić information content (AvgIpc) is 3.00. The summed E-state index contributed by atoms with van der Waals surface area (Å²) in [4.78, 5) is 4.45. The molecule has 0 aliphatic heterocycles. The highest BCUT2D eigenvalue weighted by Gasteiger charge is 2.12. The summed E-state index contributed by atoms with van der Waals surface area (Å²) in [5.74, 6) is 0.442. The number of hydrogen-bond acceptors (Lipinski definition) is 4. The van der Waals surface area contributed by atoms with Crippen LogP contribution in [0.3, 0.4) is 0 Å². The van der Waals surface area contributed by atoms with Gasteiger partial charge in [0.25, 0.3) is 0 Å². The van der Waals surface area contributed by atoms with E-state index in [1.165, 1.54) is 25.2 Å². The van der Waals surface area contributed by atoms with Crippen LogP contribution in [0.25, 0.3) is 12.2 Å². The van der Waals surface area contributed by atoms with Crippen molar-refractivity contribution >= 4 is 29.2 Å². The molecule has 0 aliphatic carbocycles. The first kappa shape index (κ1) is 32.7. The molecule has 0 atom stereocenters. The van der Waals surface area contributed by atoms with E-state index in [2.05, 4.69) is 85.7 Å². The Morgan fingerprint density at radius 2 is 0.902 bits per heavy atom. The van der Waals surface area contributed by atoms with E-state index in [-0.39, 0.29) is 11.5 Å². The van der Waals surface area contributed by atoms with Crippen molar-refractivity contribution in [3.63, 3.8) is 0 Å². The smallest absolute Gasteiger partial charge is 0.115 e. The monoisotopic (exact) mass is 548 g/mol. The van der Waals surface area contributed by atoms with Crippen LogP contribution in [0.5, 0.6) is 11.5 Å². The number of phenols is 2. The van der Waals surface area contributed by atoms with Gasteiger partial charge in [-0.1, -0.05) is 93.6 Å². The summed E-state index contributed by atoms with van der Waals surface area (Å²) < 4.78 is 0. The summed E-state index contributed by atoms with van der Waals surface area (Å²) >= 11 is 0. The summed E-state index contributed by atoms with van der Waals surface area (Å²) in [6.45, 7) is 15.4. The molecule has 0 radical (unpaired) electrons. The van der Waals surface area contributed by atoms with Crippen molar-refractivity contribution in [2.75, 3.05) is 24.5 Å². The minimum absolute atomic E-state index is 0.221. The molecule has 0 saturated heterocycles. The third-order valence-corrected chi connectivity index (χ3v) is 6.20. The van der Waals surface area contributed by atoms with Crippen LogP contribution >= 0.6 is 0 Å². The Kier molecular flexibility index (Phi) is 14.9. The van der Waals surface area contributed by atoms with Crippen molar-refractivity contribution in [2.24, 2.45) is 0 Å². The molecule has 4 rings (SSSR count). The summed E-state index contributed by atoms with van der Waals surface area (Å²) in [6.07, 6.45) is 9.94. The van der Waals surface area contributed by atoms with Gasteiger partial charge in [-0.05, 0) is 98.3 Å². The van der Waals surface area contributed by atoms with Crippen molar-refractivity contribution < 1.29 is 10.2 Å². The van der Waals surface area contributed by atoms with E-state index in [1.807, 2.05) is 61.5 Å². The fourth-order valence-corrected chi connectivity index (χ4v) is 3.95. The summed E-state index contributed by atoms with van der Waals surface area (Å²) in [7, 11) is 0. The van der Waals surface area contributed by atoms with Crippen molar-refractivity contribution in [2.45, 2.75) is 27.7 Å². The van der Waals surface area contributed by atoms with Crippen LogP contribution in [0.15, 0.2) is 128 Å². The van der Waals surface area contributed by atoms with Gasteiger partial charge in [-0.15, -0.1) is 6.58 Å². The SMILES string of the molecule is C=CC.CCN(CC)CC.Oc1ccc(N(c2ccc(O)cc2)c2ccc(/C=C/C=C/c3ccccc3)cc2)cc1. The number of anilines is 3. The number of hydrogen-bond donors (Lipinski definition) is 2. The van der Waals surface area contributed by atoms with Gasteiger partial charge in [-0.2, -0.15) is 0 Å². The topological polar surface area (TPSA) is 46.9 Å². The van der Waals surface area contributed by atoms with Gasteiger partial charge in [0, 0.05) is 17.1 Å². The highest BCUT2D eigenvalue weighted by molar-refractivity contribution is 5.77. The predicted molar refractivity (Wildman–Crippen MR) is 178 cm³/mol. The number of nitrogens with zero attached hydrogens (tertiary/aromatic N) is 2. The van der Waals surface area contributed by atoms with E-state index in [0.717, 1.165) is 22.6 Å². The van der Waals surface area contributed by atoms with Gasteiger partial charge in [-0.25, -0.2) is 0 Å². The Bertz CT molecular complexity index is 1260. The van der Waals surface area contributed by atoms with Gasteiger partial charge in [-0.3, -0.25) is 0 Å². The van der Waals surface area contributed by atoms with Gasteiger partial charge in [0.15, 0.2) is 0 Å². The molecule has 0 amide bonds. The first-order valence-electron chi connectivity index (χ1n) is 14.1. The van der Waals surface area contributed by atoms with Crippen LogP contribution < -0.4 is 4.90 Å². The molecule has 4 heteroatoms. The van der Waals surface area contributed by atoms with Gasteiger partial charge in [0.1, 0.15) is 11.5 Å². The summed E-state index contributed by atoms with van der Waals surface area (Å²) in [6, 6.07) is 32.6. The molecule has 0 bridgehead atoms. The Morgan fingerprint density at radius 1 is 0.561 bits per heavy atom. The Morgan fingerprint density at radius 3 is 1.24 bits per heavy atom. The zero-order valence-electron chi connectivity index (χ0n) is 24.8. The highest BCUT2D eigenvalue weighted by Crippen LogP contribution is 2.35. The normalized spacial score (nSPS) is 10.6. The number of allylic oxidation sites excluding steroid dienone is 3. The molecule has 0 fully saturated rings. The molecule has 0 aromatic heterocycles. The number of aromatic hydroxyl groups is 2. The first-order chi connectivity index (χ1) is 19.9. The van der Waals surface area contributed by atoms with E-state index in [0.29, 0.717) is 0 Å². The molecular weight excluding hydrogens is 504 g/mol. The zero-order valence-corrected chi connectivity index (χ0v) is 24.8. The predicted octanol–water partition coefficient (Wildman–Crippen LogP) is 9.83. The molecule has 4 nitrogen and oxygen atoms in total. The van der Waals surface area contributed by atoms with Crippen molar-refractivity contribution in [3.8, 4) is 11.5 Å². The van der Waals surface area contributed by atoms with Gasteiger partial charge in [0.05, 0.1) is 0 Å². The molecule has 0 aliphatic rings. The molecule has 214 valence electrons. The van der Waals surface area contributed by atoms with Crippen LogP contribution in [0, 0.1) is 0 Å². The first-order valence-corrected chi connectivity index (χ1v) is 14.1. The lowest BCUT2D eigenvalue weighted by molar-refractivity contribution is 0.321. The van der Waals surface area contributed by atoms with Crippen molar-refractivity contribution in [3.05, 3.63) is 139 Å². The summed E-state index contributed by atoms with van der Waals surface area (Å²) in [5.41, 5.74) is 5.07. The lowest BCUT2D eigenvalue weighted by atomic mass is 10.1. The van der Waals surface area contributed by atoms with E-state index in [9.17, 15) is 10.2 Å². The maximum atomic E-state index is 9.66. The second-order valence-electron chi connectivity index (χ2n) is 9.12. The summed E-state index contributed by atoms with van der Waals surface area (Å²) in [5, 5.41) is 19.3. The highest BCUT2D eigenvalue weighted by atomic mass is 16.3. The molecule has 2 N–H and O–H groups in total. The lowest BCUT2D eigenvalue weighted by Gasteiger charge is -2.25. The van der Waals surface area contributed by atoms with Gasteiger partial charge in [0.2, 0.25) is 0 Å². The number of benzene rings is 4. The minimum Gasteiger partial charge on any atom is -0.508 e. The zero-order chi connectivity index (χ0) is 29.9. The van der Waals surface area contributed by atoms with Crippen LogP contribution in [0.2, 0.25) is 0 Å². The fraction of sp³-hybridized carbons (Fsp3) is 0.189. The van der Waals surface area contributed by atoms with Crippen LogP contribution in [0.1, 0.15) is 38.8 Å². The van der Waals surface area contributed by atoms with Gasteiger partial charge >= 0.3 is 0 Å². The van der Waals surface area contributed by atoms with Crippen LogP contribution in [-0.2, 0) is 0 Å². The second kappa shape index (κ2) is 18.7. The molecule has 0 spiro atoms. The molecule has 4 aromatic carbocycles. The standard InChI is InChI=1S/C28H23NO2.C6H15N.C3H6/c30-27-18-14-25(15-19-27)29(26-16-20-28(31)21-17-26)24-12-10-23(11-13-24)9-5-4-8-22-6-2-1-3-7-22;1-4-7(5-2)6-3;1-3-2/h1-21,30-31H;4-6H2,1-3H3;3H,1H2,2H3/b8-4+,9-5+;;. The van der Waals surface area contributed by atoms with Crippen LogP contribution in [-0.4, -0.2) is 34.7 Å². The second-order valence-corrected chi connectivity index (χ2v) is 9.12. The average molecular weight is 549 g/mol. The minimum atomic E-state index is 0.221. The number of rotatable bonds is 9. The molecule has 0 unspecified atom stereocenters. The van der Waals surface area contributed by atoms with E-state index in [1.54, 1.807) is 30.3 Å². The Hall–Kier alpha value is -4.54. The van der Waals surface area contributed by atoms with Gasteiger partial charge < -0.3 is 20.0 Å². The third kappa shape index (κ3) is 11.6. The molecular formula is C37H44N2O2. The Balaban J connectivity index is 0.000000508. The maximum Gasteiger partial charge on any atom is 0.115 e. The molecule has 0 saturated carbocycles. The largest absolute Gasteiger partial charge is 0.508 e. The lowest BCUT2D eigenvalue weighted by Crippen LogP contribution is -2.21. The number of phenolic OH excluding ortho intramolecular Hbond substituents is 2. The Labute approximate surface area is 246 Å². The maximum absolute atomic E-state index is 9.66. The van der Waals surface area contributed by atoms with Crippen molar-refractivity contribution in [1.29, 1.82) is 0 Å².